The quantitative estimate of drug-likeness (QED) is 0.647. The van der Waals surface area contributed by atoms with Crippen LogP contribution in [0, 0.1) is 17.0 Å². The molecule has 0 saturated carbocycles. The zero-order valence-corrected chi connectivity index (χ0v) is 9.92. The molecular weight excluding hydrogens is 234 g/mol. The molecule has 2 aromatic rings. The highest BCUT2D eigenvalue weighted by Crippen LogP contribution is 2.17. The van der Waals surface area contributed by atoms with Crippen molar-refractivity contribution in [2.24, 2.45) is 0 Å². The van der Waals surface area contributed by atoms with Crippen LogP contribution >= 0.6 is 0 Å². The molecule has 1 aromatic carbocycles. The van der Waals surface area contributed by atoms with Crippen molar-refractivity contribution in [3.05, 3.63) is 57.8 Å². The molecule has 2 rings (SSSR count). The summed E-state index contributed by atoms with van der Waals surface area (Å²) in [6, 6.07) is 6.65. The van der Waals surface area contributed by atoms with E-state index in [9.17, 15) is 10.1 Å². The van der Waals surface area contributed by atoms with E-state index >= 15 is 0 Å². The predicted octanol–water partition coefficient (Wildman–Crippen LogP) is 2.18. The van der Waals surface area contributed by atoms with E-state index in [1.54, 1.807) is 24.4 Å². The smallest absolute Gasteiger partial charge is 0.273 e. The van der Waals surface area contributed by atoms with Crippen molar-refractivity contribution in [1.29, 1.82) is 0 Å². The average molecular weight is 247 g/mol. The van der Waals surface area contributed by atoms with Crippen LogP contribution in [0.4, 0.5) is 5.69 Å². The predicted molar refractivity (Wildman–Crippen MR) is 64.9 cm³/mol. The minimum absolute atomic E-state index is 0.119. The number of para-hydroxylation sites is 1. The zero-order chi connectivity index (χ0) is 13.0. The number of nitrogens with one attached hydrogen (secondary N) is 1. The first-order valence-electron chi connectivity index (χ1n) is 5.51. The lowest BCUT2D eigenvalue weighted by Crippen LogP contribution is -2.13. The Balaban J connectivity index is 1.96. The fourth-order valence-corrected chi connectivity index (χ4v) is 1.63. The van der Waals surface area contributed by atoms with E-state index in [0.717, 1.165) is 5.76 Å². The lowest BCUT2D eigenvalue weighted by molar-refractivity contribution is -0.385. The molecule has 1 aromatic heterocycles. The number of hydrogen-bond acceptors (Lipinski definition) is 5. The van der Waals surface area contributed by atoms with Crippen LogP contribution in [0.2, 0.25) is 0 Å². The number of oxazole rings is 1. The van der Waals surface area contributed by atoms with Gasteiger partial charge in [0.15, 0.2) is 0 Å². The van der Waals surface area contributed by atoms with E-state index in [0.29, 0.717) is 24.5 Å². The maximum Gasteiger partial charge on any atom is 0.273 e. The topological polar surface area (TPSA) is 81.2 Å². The monoisotopic (exact) mass is 247 g/mol. The van der Waals surface area contributed by atoms with Gasteiger partial charge in [-0.05, 0) is 6.92 Å². The fraction of sp³-hybridized carbons (Fsp3) is 0.250. The van der Waals surface area contributed by atoms with Gasteiger partial charge < -0.3 is 9.73 Å². The van der Waals surface area contributed by atoms with Gasteiger partial charge in [0.05, 0.1) is 17.7 Å². The maximum absolute atomic E-state index is 10.8. The number of nitrogens with zero attached hydrogens (tertiary/aromatic N) is 2. The summed E-state index contributed by atoms with van der Waals surface area (Å²) >= 11 is 0. The minimum Gasteiger partial charge on any atom is -0.445 e. The highest BCUT2D eigenvalue weighted by atomic mass is 16.6. The van der Waals surface area contributed by atoms with Gasteiger partial charge in [0, 0.05) is 18.2 Å². The number of nitro groups is 1. The van der Waals surface area contributed by atoms with E-state index in [4.69, 9.17) is 4.42 Å². The Labute approximate surface area is 104 Å². The molecule has 0 aliphatic rings. The van der Waals surface area contributed by atoms with Gasteiger partial charge in [0.1, 0.15) is 5.76 Å². The third-order valence-corrected chi connectivity index (χ3v) is 2.45. The Bertz CT molecular complexity index is 551. The zero-order valence-electron chi connectivity index (χ0n) is 9.92. The van der Waals surface area contributed by atoms with Gasteiger partial charge in [-0.2, -0.15) is 0 Å². The van der Waals surface area contributed by atoms with Gasteiger partial charge in [-0.15, -0.1) is 0 Å². The van der Waals surface area contributed by atoms with Crippen molar-refractivity contribution < 1.29 is 9.34 Å². The molecule has 0 saturated heterocycles. The molecule has 0 atom stereocenters. The molecule has 18 heavy (non-hydrogen) atoms. The van der Waals surface area contributed by atoms with Crippen LogP contribution in [-0.2, 0) is 13.1 Å². The molecule has 1 heterocycles. The highest BCUT2D eigenvalue weighted by Gasteiger charge is 2.11. The largest absolute Gasteiger partial charge is 0.445 e. The molecule has 0 unspecified atom stereocenters. The molecule has 0 radical (unpaired) electrons. The summed E-state index contributed by atoms with van der Waals surface area (Å²) in [7, 11) is 0. The molecule has 0 fully saturated rings. The Kier molecular flexibility index (Phi) is 3.69. The standard InChI is InChI=1S/C12H13N3O3/c1-9-6-14-12(18-9)8-13-7-10-4-2-3-5-11(10)15(16)17/h2-6,13H,7-8H2,1H3. The molecule has 0 aliphatic heterocycles. The first-order chi connectivity index (χ1) is 8.66. The number of aryl methyl sites for hydroxylation is 1. The Morgan fingerprint density at radius 2 is 2.17 bits per heavy atom. The van der Waals surface area contributed by atoms with Crippen LogP contribution < -0.4 is 5.32 Å². The first kappa shape index (κ1) is 12.3. The molecule has 0 bridgehead atoms. The van der Waals surface area contributed by atoms with Gasteiger partial charge >= 0.3 is 0 Å². The van der Waals surface area contributed by atoms with Crippen molar-refractivity contribution in [2.45, 2.75) is 20.0 Å². The Morgan fingerprint density at radius 1 is 1.39 bits per heavy atom. The van der Waals surface area contributed by atoms with Crippen LogP contribution in [0.1, 0.15) is 17.2 Å². The number of aromatic nitrogens is 1. The lowest BCUT2D eigenvalue weighted by Gasteiger charge is -2.03. The maximum atomic E-state index is 10.8. The lowest BCUT2D eigenvalue weighted by atomic mass is 10.2. The average Bonchev–Trinajstić information content (AvgIpc) is 2.75. The molecule has 6 heteroatoms. The van der Waals surface area contributed by atoms with Crippen LogP contribution in [-0.4, -0.2) is 9.91 Å². The van der Waals surface area contributed by atoms with Gasteiger partial charge in [0.2, 0.25) is 5.89 Å². The van der Waals surface area contributed by atoms with Crippen LogP contribution in [0.15, 0.2) is 34.9 Å². The van der Waals surface area contributed by atoms with Crippen molar-refractivity contribution in [2.75, 3.05) is 0 Å². The number of benzene rings is 1. The second kappa shape index (κ2) is 5.42. The number of nitro benzene ring substituents is 1. The third kappa shape index (κ3) is 2.92. The summed E-state index contributed by atoms with van der Waals surface area (Å²) < 4.78 is 5.29. The van der Waals surface area contributed by atoms with Crippen molar-refractivity contribution in [3.8, 4) is 0 Å². The fourth-order valence-electron chi connectivity index (χ4n) is 1.63. The SMILES string of the molecule is Cc1cnc(CNCc2ccccc2[N+](=O)[O-])o1. The van der Waals surface area contributed by atoms with E-state index in [-0.39, 0.29) is 10.6 Å². The summed E-state index contributed by atoms with van der Waals surface area (Å²) in [6.45, 7) is 2.66. The molecular formula is C12H13N3O3. The Hall–Kier alpha value is -2.21. The Morgan fingerprint density at radius 3 is 2.83 bits per heavy atom. The van der Waals surface area contributed by atoms with Crippen LogP contribution in [0.5, 0.6) is 0 Å². The van der Waals surface area contributed by atoms with Gasteiger partial charge in [0.25, 0.3) is 5.69 Å². The molecule has 94 valence electrons. The van der Waals surface area contributed by atoms with E-state index < -0.39 is 0 Å². The molecule has 1 N–H and O–H groups in total. The van der Waals surface area contributed by atoms with Gasteiger partial charge in [-0.1, -0.05) is 18.2 Å². The second-order valence-corrected chi connectivity index (χ2v) is 3.85. The summed E-state index contributed by atoms with van der Waals surface area (Å²) in [5.74, 6) is 1.32. The van der Waals surface area contributed by atoms with Gasteiger partial charge in [-0.25, -0.2) is 4.98 Å². The van der Waals surface area contributed by atoms with Crippen molar-refractivity contribution in [1.82, 2.24) is 10.3 Å². The first-order valence-corrected chi connectivity index (χ1v) is 5.51. The minimum atomic E-state index is -0.383. The highest BCUT2D eigenvalue weighted by molar-refractivity contribution is 5.39. The summed E-state index contributed by atoms with van der Waals surface area (Å²) in [5, 5.41) is 13.9. The summed E-state index contributed by atoms with van der Waals surface area (Å²) in [5.41, 5.74) is 0.763. The molecule has 0 aliphatic carbocycles. The second-order valence-electron chi connectivity index (χ2n) is 3.85. The number of rotatable bonds is 5. The molecule has 6 nitrogen and oxygen atoms in total. The normalized spacial score (nSPS) is 10.5. The van der Waals surface area contributed by atoms with Crippen LogP contribution in [0.25, 0.3) is 0 Å². The van der Waals surface area contributed by atoms with E-state index in [1.165, 1.54) is 6.07 Å². The van der Waals surface area contributed by atoms with E-state index in [1.807, 2.05) is 6.92 Å². The van der Waals surface area contributed by atoms with Crippen molar-refractivity contribution in [3.63, 3.8) is 0 Å². The molecule has 0 amide bonds. The summed E-state index contributed by atoms with van der Waals surface area (Å²) in [6.07, 6.45) is 1.64. The van der Waals surface area contributed by atoms with Crippen LogP contribution in [0.3, 0.4) is 0 Å². The summed E-state index contributed by atoms with van der Waals surface area (Å²) in [4.78, 5) is 14.5. The van der Waals surface area contributed by atoms with E-state index in [2.05, 4.69) is 10.3 Å². The molecule has 0 spiro atoms. The van der Waals surface area contributed by atoms with Gasteiger partial charge in [-0.3, -0.25) is 10.1 Å². The third-order valence-electron chi connectivity index (χ3n) is 2.45. The number of hydrogen-bond donors (Lipinski definition) is 1. The van der Waals surface area contributed by atoms with Crippen molar-refractivity contribution >= 4 is 5.69 Å².